The number of nitrogens with zero attached hydrogens (tertiary/aromatic N) is 2. The molecule has 3 rings (SSSR count). The highest BCUT2D eigenvalue weighted by Gasteiger charge is 2.11. The Morgan fingerprint density at radius 2 is 1.80 bits per heavy atom. The van der Waals surface area contributed by atoms with Gasteiger partial charge in [-0.2, -0.15) is 0 Å². The summed E-state index contributed by atoms with van der Waals surface area (Å²) in [6.07, 6.45) is 1.61. The molecule has 20 heavy (non-hydrogen) atoms. The number of H-pyrrole nitrogens is 1. The maximum absolute atomic E-state index is 12.1. The number of pyridine rings is 1. The predicted molar refractivity (Wildman–Crippen MR) is 77.8 cm³/mol. The van der Waals surface area contributed by atoms with Gasteiger partial charge in [0.15, 0.2) is 0 Å². The van der Waals surface area contributed by atoms with Crippen LogP contribution in [0.1, 0.15) is 5.56 Å². The number of hydrogen-bond acceptors (Lipinski definition) is 3. The fraction of sp³-hybridized carbons (Fsp3) is 0.133. The second-order valence-electron chi connectivity index (χ2n) is 4.74. The molecule has 0 saturated heterocycles. The van der Waals surface area contributed by atoms with Crippen molar-refractivity contribution in [3.05, 3.63) is 62.9 Å². The van der Waals surface area contributed by atoms with Crippen molar-refractivity contribution in [2.75, 3.05) is 0 Å². The number of aromatic amines is 1. The normalized spacial score (nSPS) is 10.9. The van der Waals surface area contributed by atoms with Gasteiger partial charge in [-0.25, -0.2) is 9.78 Å². The van der Waals surface area contributed by atoms with Crippen LogP contribution < -0.4 is 11.2 Å². The Labute approximate surface area is 114 Å². The first-order valence-electron chi connectivity index (χ1n) is 6.23. The molecule has 2 heterocycles. The maximum atomic E-state index is 12.1. The van der Waals surface area contributed by atoms with Gasteiger partial charge in [0.1, 0.15) is 5.65 Å². The first kappa shape index (κ1) is 12.3. The van der Waals surface area contributed by atoms with Gasteiger partial charge in [0.25, 0.3) is 5.56 Å². The standard InChI is InChI=1S/C15H13N3O2/c1-9-3-5-10(6-4-9)11-7-8-16-13-12(11)14(19)17-15(20)18(13)2/h3-8H,1-2H3,(H,17,19,20). The van der Waals surface area contributed by atoms with Gasteiger partial charge in [-0.1, -0.05) is 29.8 Å². The van der Waals surface area contributed by atoms with Crippen LogP contribution in [0.15, 0.2) is 46.1 Å². The van der Waals surface area contributed by atoms with E-state index in [0.29, 0.717) is 11.0 Å². The van der Waals surface area contributed by atoms with E-state index in [9.17, 15) is 9.59 Å². The van der Waals surface area contributed by atoms with Crippen molar-refractivity contribution in [3.63, 3.8) is 0 Å². The topological polar surface area (TPSA) is 67.8 Å². The molecule has 0 amide bonds. The minimum Gasteiger partial charge on any atom is -0.281 e. The smallest absolute Gasteiger partial charge is 0.281 e. The lowest BCUT2D eigenvalue weighted by Crippen LogP contribution is -2.29. The van der Waals surface area contributed by atoms with Crippen molar-refractivity contribution in [3.8, 4) is 11.1 Å². The lowest BCUT2D eigenvalue weighted by Gasteiger charge is -2.08. The van der Waals surface area contributed by atoms with Gasteiger partial charge in [-0.3, -0.25) is 14.3 Å². The van der Waals surface area contributed by atoms with E-state index in [1.807, 2.05) is 31.2 Å². The Morgan fingerprint density at radius 1 is 1.10 bits per heavy atom. The van der Waals surface area contributed by atoms with Gasteiger partial charge in [-0.05, 0) is 24.1 Å². The lowest BCUT2D eigenvalue weighted by molar-refractivity contribution is 0.829. The number of rotatable bonds is 1. The summed E-state index contributed by atoms with van der Waals surface area (Å²) in [7, 11) is 1.59. The zero-order valence-corrected chi connectivity index (χ0v) is 11.2. The van der Waals surface area contributed by atoms with E-state index in [1.54, 1.807) is 19.3 Å². The van der Waals surface area contributed by atoms with Gasteiger partial charge in [0.2, 0.25) is 0 Å². The Hall–Kier alpha value is -2.69. The van der Waals surface area contributed by atoms with E-state index in [4.69, 9.17) is 0 Å². The van der Waals surface area contributed by atoms with Crippen LogP contribution in [0.5, 0.6) is 0 Å². The van der Waals surface area contributed by atoms with Crippen LogP contribution in [-0.4, -0.2) is 14.5 Å². The summed E-state index contributed by atoms with van der Waals surface area (Å²) in [6, 6.07) is 9.66. The molecule has 0 saturated carbocycles. The highest BCUT2D eigenvalue weighted by Crippen LogP contribution is 2.24. The first-order valence-corrected chi connectivity index (χ1v) is 6.23. The zero-order valence-electron chi connectivity index (χ0n) is 11.2. The summed E-state index contributed by atoms with van der Waals surface area (Å²) in [5, 5.41) is 0.429. The van der Waals surface area contributed by atoms with Crippen molar-refractivity contribution in [2.45, 2.75) is 6.92 Å². The summed E-state index contributed by atoms with van der Waals surface area (Å²) in [4.78, 5) is 30.2. The number of aromatic nitrogens is 3. The molecule has 0 aliphatic heterocycles. The molecule has 0 radical (unpaired) electrons. The molecule has 0 bridgehead atoms. The highest BCUT2D eigenvalue weighted by atomic mass is 16.2. The van der Waals surface area contributed by atoms with Crippen LogP contribution >= 0.6 is 0 Å². The molecule has 0 aliphatic rings. The highest BCUT2D eigenvalue weighted by molar-refractivity contribution is 5.91. The molecular weight excluding hydrogens is 254 g/mol. The Kier molecular flexibility index (Phi) is 2.75. The molecule has 0 atom stereocenters. The van der Waals surface area contributed by atoms with Gasteiger partial charge in [0, 0.05) is 13.2 Å². The number of nitrogens with one attached hydrogen (secondary N) is 1. The van der Waals surface area contributed by atoms with Crippen LogP contribution in [0.4, 0.5) is 0 Å². The van der Waals surface area contributed by atoms with Crippen LogP contribution in [0.3, 0.4) is 0 Å². The van der Waals surface area contributed by atoms with Gasteiger partial charge in [-0.15, -0.1) is 0 Å². The summed E-state index contributed by atoms with van der Waals surface area (Å²) < 4.78 is 1.34. The molecular formula is C15H13N3O2. The average molecular weight is 267 g/mol. The first-order chi connectivity index (χ1) is 9.58. The summed E-state index contributed by atoms with van der Waals surface area (Å²) >= 11 is 0. The minimum absolute atomic E-state index is 0.386. The molecule has 0 spiro atoms. The molecule has 3 aromatic rings. The summed E-state index contributed by atoms with van der Waals surface area (Å²) in [6.45, 7) is 2.00. The van der Waals surface area contributed by atoms with Gasteiger partial charge < -0.3 is 0 Å². The maximum Gasteiger partial charge on any atom is 0.329 e. The SMILES string of the molecule is Cc1ccc(-c2ccnc3c2c(=O)[nH]c(=O)n3C)cc1. The van der Waals surface area contributed by atoms with E-state index in [1.165, 1.54) is 4.57 Å². The molecule has 2 aromatic heterocycles. The van der Waals surface area contributed by atoms with Gasteiger partial charge >= 0.3 is 5.69 Å². The quantitative estimate of drug-likeness (QED) is 0.728. The van der Waals surface area contributed by atoms with Gasteiger partial charge in [0.05, 0.1) is 5.39 Å². The lowest BCUT2D eigenvalue weighted by atomic mass is 10.0. The van der Waals surface area contributed by atoms with Crippen molar-refractivity contribution >= 4 is 11.0 Å². The molecule has 0 aliphatic carbocycles. The van der Waals surface area contributed by atoms with Crippen molar-refractivity contribution in [2.24, 2.45) is 7.05 Å². The minimum atomic E-state index is -0.462. The van der Waals surface area contributed by atoms with E-state index < -0.39 is 11.2 Å². The largest absolute Gasteiger partial charge is 0.329 e. The summed E-state index contributed by atoms with van der Waals surface area (Å²) in [5.74, 6) is 0. The molecule has 1 N–H and O–H groups in total. The van der Waals surface area contributed by atoms with Crippen LogP contribution in [-0.2, 0) is 7.05 Å². The fourth-order valence-electron chi connectivity index (χ4n) is 2.24. The summed E-state index contributed by atoms with van der Waals surface area (Å²) in [5.41, 5.74) is 2.35. The number of fused-ring (bicyclic) bond motifs is 1. The van der Waals surface area contributed by atoms with E-state index in [0.717, 1.165) is 16.7 Å². The van der Waals surface area contributed by atoms with Crippen molar-refractivity contribution in [1.82, 2.24) is 14.5 Å². The van der Waals surface area contributed by atoms with Crippen LogP contribution in [0.25, 0.3) is 22.2 Å². The monoisotopic (exact) mass is 267 g/mol. The Morgan fingerprint density at radius 3 is 2.50 bits per heavy atom. The second-order valence-corrected chi connectivity index (χ2v) is 4.74. The third-order valence-electron chi connectivity index (χ3n) is 3.36. The molecule has 100 valence electrons. The predicted octanol–water partition coefficient (Wildman–Crippen LogP) is 1.60. The molecule has 0 fully saturated rings. The van der Waals surface area contributed by atoms with E-state index >= 15 is 0 Å². The third-order valence-corrected chi connectivity index (χ3v) is 3.36. The fourth-order valence-corrected chi connectivity index (χ4v) is 2.24. The zero-order chi connectivity index (χ0) is 14.3. The number of benzene rings is 1. The Bertz CT molecular complexity index is 905. The van der Waals surface area contributed by atoms with Crippen molar-refractivity contribution in [1.29, 1.82) is 0 Å². The molecule has 5 nitrogen and oxygen atoms in total. The van der Waals surface area contributed by atoms with E-state index in [2.05, 4.69) is 9.97 Å². The Balaban J connectivity index is 2.44. The van der Waals surface area contributed by atoms with Crippen LogP contribution in [0.2, 0.25) is 0 Å². The van der Waals surface area contributed by atoms with E-state index in [-0.39, 0.29) is 0 Å². The number of hydrogen-bond donors (Lipinski definition) is 1. The molecule has 1 aromatic carbocycles. The van der Waals surface area contributed by atoms with Crippen molar-refractivity contribution < 1.29 is 0 Å². The molecule has 0 unspecified atom stereocenters. The molecule has 5 heteroatoms. The van der Waals surface area contributed by atoms with Crippen LogP contribution in [0, 0.1) is 6.92 Å². The second kappa shape index (κ2) is 4.45. The number of aryl methyl sites for hydroxylation is 2. The average Bonchev–Trinajstić information content (AvgIpc) is 2.45. The third kappa shape index (κ3) is 1.84.